The lowest BCUT2D eigenvalue weighted by Crippen LogP contribution is -2.57. The van der Waals surface area contributed by atoms with Gasteiger partial charge in [-0.05, 0) is 50.4 Å². The van der Waals surface area contributed by atoms with Gasteiger partial charge in [0.1, 0.15) is 5.69 Å². The highest BCUT2D eigenvalue weighted by Gasteiger charge is 2.42. The Kier molecular flexibility index (Phi) is 2.51. The number of piperidine rings is 3. The Hall–Kier alpha value is -1.81. The molecule has 4 heteroatoms. The fraction of sp³-hybridized carbons (Fsp3) is 0.500. The van der Waals surface area contributed by atoms with Crippen molar-refractivity contribution < 1.29 is 4.79 Å². The third-order valence-corrected chi connectivity index (χ3v) is 5.92. The van der Waals surface area contributed by atoms with Gasteiger partial charge in [-0.2, -0.15) is 0 Å². The van der Waals surface area contributed by atoms with Crippen LogP contribution in [0.1, 0.15) is 28.9 Å². The minimum Gasteiger partial charge on any atom is -0.318 e. The van der Waals surface area contributed by atoms with E-state index < -0.39 is 0 Å². The Balaban J connectivity index is 1.55. The van der Waals surface area contributed by atoms with Gasteiger partial charge in [-0.15, -0.1) is 0 Å². The molecule has 1 aromatic heterocycles. The van der Waals surface area contributed by atoms with E-state index in [0.29, 0.717) is 12.0 Å². The second kappa shape index (κ2) is 4.35. The lowest BCUT2D eigenvalue weighted by atomic mass is 9.83. The van der Waals surface area contributed by atoms with Crippen molar-refractivity contribution in [2.45, 2.75) is 32.5 Å². The molecule has 3 fully saturated rings. The average molecular weight is 295 g/mol. The van der Waals surface area contributed by atoms with Crippen LogP contribution in [0.2, 0.25) is 0 Å². The predicted molar refractivity (Wildman–Crippen MR) is 85.8 cm³/mol. The fourth-order valence-electron chi connectivity index (χ4n) is 4.74. The highest BCUT2D eigenvalue weighted by atomic mass is 16.2. The number of hydrogen-bond acceptors (Lipinski definition) is 2. The maximum atomic E-state index is 12.9. The van der Waals surface area contributed by atoms with Crippen molar-refractivity contribution in [3.8, 4) is 0 Å². The molecule has 22 heavy (non-hydrogen) atoms. The molecule has 4 nitrogen and oxygen atoms in total. The minimum absolute atomic E-state index is 0.231. The van der Waals surface area contributed by atoms with Gasteiger partial charge in [0.05, 0.1) is 12.2 Å². The maximum Gasteiger partial charge on any atom is 0.272 e. The van der Waals surface area contributed by atoms with Crippen molar-refractivity contribution in [1.29, 1.82) is 0 Å². The van der Waals surface area contributed by atoms with Crippen LogP contribution in [-0.4, -0.2) is 46.0 Å². The molecule has 4 aliphatic heterocycles. The van der Waals surface area contributed by atoms with Gasteiger partial charge in [-0.1, -0.05) is 18.2 Å². The second-order valence-corrected chi connectivity index (χ2v) is 7.09. The molecular weight excluding hydrogens is 274 g/mol. The summed E-state index contributed by atoms with van der Waals surface area (Å²) in [4.78, 5) is 17.6. The van der Waals surface area contributed by atoms with Crippen molar-refractivity contribution in [1.82, 2.24) is 14.4 Å². The molecule has 3 saturated heterocycles. The zero-order chi connectivity index (χ0) is 14.8. The number of aromatic nitrogens is 1. The molecule has 0 N–H and O–H groups in total. The first kappa shape index (κ1) is 12.7. The molecule has 114 valence electrons. The average Bonchev–Trinajstić information content (AvgIpc) is 3.06. The molecule has 5 heterocycles. The quantitative estimate of drug-likeness (QED) is 0.808. The zero-order valence-electron chi connectivity index (χ0n) is 13.0. The molecule has 4 aliphatic rings. The Bertz CT molecular complexity index is 770. The van der Waals surface area contributed by atoms with Crippen LogP contribution >= 0.6 is 0 Å². The van der Waals surface area contributed by atoms with Crippen LogP contribution in [0.15, 0.2) is 24.3 Å². The van der Waals surface area contributed by atoms with E-state index in [-0.39, 0.29) is 5.91 Å². The largest absolute Gasteiger partial charge is 0.318 e. The van der Waals surface area contributed by atoms with Crippen LogP contribution in [0, 0.1) is 12.8 Å². The molecule has 2 bridgehead atoms. The first-order valence-corrected chi connectivity index (χ1v) is 8.34. The van der Waals surface area contributed by atoms with Crippen molar-refractivity contribution in [3.05, 3.63) is 35.5 Å². The molecule has 2 aromatic rings. The Morgan fingerprint density at radius 2 is 2.00 bits per heavy atom. The van der Waals surface area contributed by atoms with Crippen LogP contribution in [0.3, 0.4) is 0 Å². The Labute approximate surface area is 130 Å². The topological polar surface area (TPSA) is 28.5 Å². The summed E-state index contributed by atoms with van der Waals surface area (Å²) in [6.45, 7) is 6.38. The van der Waals surface area contributed by atoms with Crippen LogP contribution in [0.25, 0.3) is 10.9 Å². The molecule has 6 rings (SSSR count). The summed E-state index contributed by atoms with van der Waals surface area (Å²) in [5, 5.41) is 1.19. The zero-order valence-corrected chi connectivity index (χ0v) is 13.0. The van der Waals surface area contributed by atoms with E-state index in [9.17, 15) is 4.79 Å². The predicted octanol–water partition coefficient (Wildman–Crippen LogP) is 2.46. The molecule has 0 radical (unpaired) electrons. The van der Waals surface area contributed by atoms with Crippen molar-refractivity contribution in [2.24, 2.45) is 5.92 Å². The fourth-order valence-corrected chi connectivity index (χ4v) is 4.74. The third-order valence-electron chi connectivity index (χ3n) is 5.92. The van der Waals surface area contributed by atoms with Gasteiger partial charge in [0, 0.05) is 18.0 Å². The number of nitrogens with zero attached hydrogens (tertiary/aromatic N) is 3. The minimum atomic E-state index is 0.231. The van der Waals surface area contributed by atoms with Gasteiger partial charge in [-0.3, -0.25) is 4.79 Å². The first-order valence-electron chi connectivity index (χ1n) is 8.34. The van der Waals surface area contributed by atoms with Gasteiger partial charge in [0.2, 0.25) is 0 Å². The molecule has 0 aliphatic carbocycles. The van der Waals surface area contributed by atoms with Crippen molar-refractivity contribution >= 4 is 16.8 Å². The first-order chi connectivity index (χ1) is 10.7. The highest BCUT2D eigenvalue weighted by Crippen LogP contribution is 2.36. The van der Waals surface area contributed by atoms with Crippen LogP contribution in [-0.2, 0) is 6.67 Å². The van der Waals surface area contributed by atoms with Gasteiger partial charge < -0.3 is 14.4 Å². The summed E-state index contributed by atoms with van der Waals surface area (Å²) in [5.74, 6) is 0.931. The monoisotopic (exact) mass is 295 g/mol. The van der Waals surface area contributed by atoms with E-state index in [4.69, 9.17) is 0 Å². The van der Waals surface area contributed by atoms with E-state index >= 15 is 0 Å². The van der Waals surface area contributed by atoms with Gasteiger partial charge in [0.15, 0.2) is 0 Å². The third kappa shape index (κ3) is 1.59. The number of para-hydroxylation sites is 1. The molecule has 1 unspecified atom stereocenters. The number of amides is 1. The summed E-state index contributed by atoms with van der Waals surface area (Å²) < 4.78 is 2.23. The van der Waals surface area contributed by atoms with Gasteiger partial charge in [-0.25, -0.2) is 0 Å². The van der Waals surface area contributed by atoms with E-state index in [1.807, 2.05) is 0 Å². The SMILES string of the molecule is Cc1cccc2cc3n(c12)CN(C1CN2CCC1CC2)C3=O. The van der Waals surface area contributed by atoms with Crippen molar-refractivity contribution in [2.75, 3.05) is 19.6 Å². The summed E-state index contributed by atoms with van der Waals surface area (Å²) >= 11 is 0. The number of hydrogen-bond donors (Lipinski definition) is 0. The van der Waals surface area contributed by atoms with E-state index in [2.05, 4.69) is 45.6 Å². The lowest BCUT2D eigenvalue weighted by molar-refractivity contribution is 0.00464. The summed E-state index contributed by atoms with van der Waals surface area (Å²) in [6.07, 6.45) is 2.51. The van der Waals surface area contributed by atoms with Crippen LogP contribution in [0.5, 0.6) is 0 Å². The number of aryl methyl sites for hydroxylation is 1. The van der Waals surface area contributed by atoms with E-state index in [1.54, 1.807) is 0 Å². The second-order valence-electron chi connectivity index (χ2n) is 7.09. The Morgan fingerprint density at radius 1 is 1.18 bits per heavy atom. The summed E-state index contributed by atoms with van der Waals surface area (Å²) in [5.41, 5.74) is 3.36. The number of rotatable bonds is 1. The number of carbonyl (C=O) groups is 1. The molecular formula is C18H21N3O. The molecule has 0 spiro atoms. The van der Waals surface area contributed by atoms with E-state index in [1.165, 1.54) is 42.4 Å². The lowest BCUT2D eigenvalue weighted by Gasteiger charge is -2.47. The van der Waals surface area contributed by atoms with Gasteiger partial charge >= 0.3 is 0 Å². The van der Waals surface area contributed by atoms with Gasteiger partial charge in [0.25, 0.3) is 5.91 Å². The van der Waals surface area contributed by atoms with Crippen LogP contribution < -0.4 is 0 Å². The normalized spacial score (nSPS) is 30.3. The molecule has 0 saturated carbocycles. The standard InChI is InChI=1S/C18H21N3O/c1-12-3-2-4-14-9-15-18(22)21(11-20(15)17(12)14)16-10-19-7-5-13(16)6-8-19/h2-4,9,13,16H,5-8,10-11H2,1H3. The maximum absolute atomic E-state index is 12.9. The highest BCUT2D eigenvalue weighted by molar-refractivity contribution is 6.01. The van der Waals surface area contributed by atoms with Crippen LogP contribution in [0.4, 0.5) is 0 Å². The van der Waals surface area contributed by atoms with Crippen molar-refractivity contribution in [3.63, 3.8) is 0 Å². The smallest absolute Gasteiger partial charge is 0.272 e. The summed E-state index contributed by atoms with van der Waals surface area (Å²) in [7, 11) is 0. The molecule has 1 aromatic carbocycles. The number of fused-ring (bicyclic) bond motifs is 6. The van der Waals surface area contributed by atoms with E-state index in [0.717, 1.165) is 18.9 Å². The Morgan fingerprint density at radius 3 is 2.73 bits per heavy atom. The number of carbonyl (C=O) groups excluding carboxylic acids is 1. The molecule has 1 atom stereocenters. The summed E-state index contributed by atoms with van der Waals surface area (Å²) in [6, 6.07) is 8.81. The molecule has 1 amide bonds. The number of benzene rings is 1.